The molecule has 1 aromatic heterocycles. The van der Waals surface area contributed by atoms with Gasteiger partial charge in [-0.05, 0) is 38.6 Å². The first-order valence-corrected chi connectivity index (χ1v) is 4.65. The number of nitrogens with zero attached hydrogens (tertiary/aromatic N) is 1. The predicted octanol–water partition coefficient (Wildman–Crippen LogP) is 2.85. The van der Waals surface area contributed by atoms with Gasteiger partial charge in [-0.2, -0.15) is 0 Å². The fraction of sp³-hybridized carbons (Fsp3) is 0.455. The van der Waals surface area contributed by atoms with Crippen LogP contribution in [-0.4, -0.2) is 16.9 Å². The summed E-state index contributed by atoms with van der Waals surface area (Å²) >= 11 is 0. The molecule has 0 aliphatic rings. The van der Waals surface area contributed by atoms with Crippen LogP contribution in [0.3, 0.4) is 0 Å². The Morgan fingerprint density at radius 3 is 2.69 bits per heavy atom. The molecule has 72 valence electrons. The number of aryl methyl sites for hydroxylation is 1. The van der Waals surface area contributed by atoms with Gasteiger partial charge in [0.25, 0.3) is 0 Å². The maximum absolute atomic E-state index is 3.20. The quantitative estimate of drug-likeness (QED) is 0.754. The lowest BCUT2D eigenvalue weighted by Crippen LogP contribution is -2.16. The van der Waals surface area contributed by atoms with E-state index in [-0.39, 0.29) is 0 Å². The molecule has 1 rings (SSSR count). The Hall–Kier alpha value is -1.18. The summed E-state index contributed by atoms with van der Waals surface area (Å²) in [6.45, 7) is 6.35. The summed E-state index contributed by atoms with van der Waals surface area (Å²) < 4.78 is 0. The number of aromatic amines is 1. The molecule has 0 saturated heterocycles. The number of allylic oxidation sites excluding steroid dienone is 1. The van der Waals surface area contributed by atoms with Gasteiger partial charge in [0.15, 0.2) is 0 Å². The molecule has 0 saturated carbocycles. The van der Waals surface area contributed by atoms with E-state index in [1.807, 2.05) is 13.1 Å². The van der Waals surface area contributed by atoms with E-state index in [4.69, 9.17) is 0 Å². The fourth-order valence-corrected chi connectivity index (χ4v) is 1.50. The zero-order chi connectivity index (χ0) is 9.84. The van der Waals surface area contributed by atoms with Gasteiger partial charge in [-0.25, -0.2) is 0 Å². The number of hydrogen-bond acceptors (Lipinski definition) is 1. The Bertz CT molecular complexity index is 286. The molecule has 2 nitrogen and oxygen atoms in total. The molecule has 0 amide bonds. The summed E-state index contributed by atoms with van der Waals surface area (Å²) in [5, 5.41) is 0. The highest BCUT2D eigenvalue weighted by Gasteiger charge is 2.10. The van der Waals surface area contributed by atoms with Crippen molar-refractivity contribution < 1.29 is 0 Å². The number of aromatic nitrogens is 1. The third kappa shape index (κ3) is 2.14. The Kier molecular flexibility index (Phi) is 3.18. The van der Waals surface area contributed by atoms with Crippen LogP contribution >= 0.6 is 0 Å². The number of hydrogen-bond donors (Lipinski definition) is 1. The van der Waals surface area contributed by atoms with E-state index in [2.05, 4.69) is 49.1 Å². The number of rotatable bonds is 3. The summed E-state index contributed by atoms with van der Waals surface area (Å²) in [4.78, 5) is 5.40. The second-order valence-electron chi connectivity index (χ2n) is 3.38. The van der Waals surface area contributed by atoms with Gasteiger partial charge < -0.3 is 9.88 Å². The van der Waals surface area contributed by atoms with Crippen molar-refractivity contribution in [3.05, 3.63) is 35.8 Å². The predicted molar refractivity (Wildman–Crippen MR) is 56.5 cm³/mol. The highest BCUT2D eigenvalue weighted by molar-refractivity contribution is 5.23. The third-order valence-electron chi connectivity index (χ3n) is 2.44. The molecule has 1 atom stereocenters. The number of H-pyrrole nitrogens is 1. The van der Waals surface area contributed by atoms with E-state index in [1.165, 1.54) is 11.3 Å². The second-order valence-corrected chi connectivity index (χ2v) is 3.38. The van der Waals surface area contributed by atoms with Crippen molar-refractivity contribution in [1.82, 2.24) is 9.88 Å². The van der Waals surface area contributed by atoms with Gasteiger partial charge in [0.05, 0.1) is 6.04 Å². The molecule has 0 radical (unpaired) electrons. The minimum Gasteiger partial charge on any atom is -0.374 e. The van der Waals surface area contributed by atoms with Gasteiger partial charge in [-0.3, -0.25) is 0 Å². The van der Waals surface area contributed by atoms with Gasteiger partial charge in [-0.15, -0.1) is 0 Å². The molecule has 0 bridgehead atoms. The van der Waals surface area contributed by atoms with Crippen molar-refractivity contribution in [1.29, 1.82) is 0 Å². The van der Waals surface area contributed by atoms with E-state index in [0.717, 1.165) is 0 Å². The summed E-state index contributed by atoms with van der Waals surface area (Å²) in [5.41, 5.74) is 2.62. The minimum atomic E-state index is 0.433. The van der Waals surface area contributed by atoms with E-state index in [0.29, 0.717) is 6.04 Å². The SMILES string of the molecule is C/C=C/N(C)C(C)c1cc[nH]c1C. The van der Waals surface area contributed by atoms with E-state index in [1.54, 1.807) is 0 Å². The third-order valence-corrected chi connectivity index (χ3v) is 2.44. The Morgan fingerprint density at radius 2 is 2.23 bits per heavy atom. The molecule has 1 aromatic rings. The van der Waals surface area contributed by atoms with Crippen molar-refractivity contribution in [2.45, 2.75) is 26.8 Å². The standard InChI is InChI=1S/C11H18N2/c1-5-8-13(4)10(3)11-6-7-12-9(11)2/h5-8,10,12H,1-4H3/b8-5+. The molecule has 0 aromatic carbocycles. The molecular formula is C11H18N2. The largest absolute Gasteiger partial charge is 0.374 e. The molecule has 1 unspecified atom stereocenters. The summed E-state index contributed by atoms with van der Waals surface area (Å²) in [5.74, 6) is 0. The first kappa shape index (κ1) is 9.90. The van der Waals surface area contributed by atoms with Gasteiger partial charge in [0.2, 0.25) is 0 Å². The zero-order valence-corrected chi connectivity index (χ0v) is 8.83. The van der Waals surface area contributed by atoms with E-state index in [9.17, 15) is 0 Å². The maximum Gasteiger partial charge on any atom is 0.0523 e. The molecule has 0 fully saturated rings. The highest BCUT2D eigenvalue weighted by atomic mass is 15.1. The smallest absolute Gasteiger partial charge is 0.0523 e. The minimum absolute atomic E-state index is 0.433. The van der Waals surface area contributed by atoms with Crippen molar-refractivity contribution in [3.63, 3.8) is 0 Å². The normalized spacial score (nSPS) is 13.5. The van der Waals surface area contributed by atoms with Crippen LogP contribution in [0.1, 0.15) is 31.1 Å². The highest BCUT2D eigenvalue weighted by Crippen LogP contribution is 2.21. The molecule has 0 spiro atoms. The molecule has 13 heavy (non-hydrogen) atoms. The number of nitrogens with one attached hydrogen (secondary N) is 1. The Labute approximate surface area is 80.3 Å². The molecular weight excluding hydrogens is 160 g/mol. The molecule has 0 aliphatic heterocycles. The van der Waals surface area contributed by atoms with Gasteiger partial charge in [0.1, 0.15) is 0 Å². The van der Waals surface area contributed by atoms with Gasteiger partial charge in [-0.1, -0.05) is 6.08 Å². The lowest BCUT2D eigenvalue weighted by atomic mass is 10.1. The molecule has 1 N–H and O–H groups in total. The van der Waals surface area contributed by atoms with Crippen LogP contribution in [0.5, 0.6) is 0 Å². The van der Waals surface area contributed by atoms with Crippen LogP contribution in [0, 0.1) is 6.92 Å². The first-order valence-electron chi connectivity index (χ1n) is 4.65. The lowest BCUT2D eigenvalue weighted by molar-refractivity contribution is 0.360. The Balaban J connectivity index is 2.78. The average Bonchev–Trinajstić information content (AvgIpc) is 2.50. The summed E-state index contributed by atoms with van der Waals surface area (Å²) in [6, 6.07) is 2.57. The molecule has 1 heterocycles. The van der Waals surface area contributed by atoms with E-state index < -0.39 is 0 Å². The fourth-order valence-electron chi connectivity index (χ4n) is 1.50. The van der Waals surface area contributed by atoms with Crippen molar-refractivity contribution in [3.8, 4) is 0 Å². The van der Waals surface area contributed by atoms with Crippen molar-refractivity contribution in [2.75, 3.05) is 7.05 Å². The second kappa shape index (κ2) is 4.17. The van der Waals surface area contributed by atoms with E-state index >= 15 is 0 Å². The first-order chi connectivity index (χ1) is 6.16. The average molecular weight is 178 g/mol. The zero-order valence-electron chi connectivity index (χ0n) is 8.83. The van der Waals surface area contributed by atoms with Crippen LogP contribution in [0.15, 0.2) is 24.5 Å². The molecule has 2 heteroatoms. The Morgan fingerprint density at radius 1 is 1.54 bits per heavy atom. The lowest BCUT2D eigenvalue weighted by Gasteiger charge is -2.23. The summed E-state index contributed by atoms with van der Waals surface area (Å²) in [6.07, 6.45) is 6.14. The van der Waals surface area contributed by atoms with Crippen LogP contribution in [0.2, 0.25) is 0 Å². The topological polar surface area (TPSA) is 19.0 Å². The molecule has 0 aliphatic carbocycles. The van der Waals surface area contributed by atoms with Crippen molar-refractivity contribution in [2.24, 2.45) is 0 Å². The monoisotopic (exact) mass is 178 g/mol. The summed E-state index contributed by atoms with van der Waals surface area (Å²) in [7, 11) is 2.09. The van der Waals surface area contributed by atoms with Crippen LogP contribution < -0.4 is 0 Å². The van der Waals surface area contributed by atoms with Gasteiger partial charge >= 0.3 is 0 Å². The van der Waals surface area contributed by atoms with Crippen LogP contribution in [0.25, 0.3) is 0 Å². The van der Waals surface area contributed by atoms with Crippen LogP contribution in [0.4, 0.5) is 0 Å². The van der Waals surface area contributed by atoms with Crippen molar-refractivity contribution >= 4 is 0 Å². The van der Waals surface area contributed by atoms with Crippen LogP contribution in [-0.2, 0) is 0 Å². The maximum atomic E-state index is 3.20. The van der Waals surface area contributed by atoms with Gasteiger partial charge in [0, 0.05) is 18.9 Å².